The number of carbonyl (C=O) groups is 1. The molecule has 1 aromatic heterocycles. The molecule has 0 bridgehead atoms. The molecule has 0 aliphatic rings. The summed E-state index contributed by atoms with van der Waals surface area (Å²) in [4.78, 5) is 25.2. The second-order valence-corrected chi connectivity index (χ2v) is 8.27. The lowest BCUT2D eigenvalue weighted by atomic mass is 10.0. The van der Waals surface area contributed by atoms with Crippen LogP contribution in [0.1, 0.15) is 37.8 Å². The van der Waals surface area contributed by atoms with E-state index in [9.17, 15) is 9.59 Å². The fraction of sp³-hybridized carbons (Fsp3) is 0.214. The van der Waals surface area contributed by atoms with Crippen LogP contribution in [0.25, 0.3) is 11.0 Å². The molecule has 3 aromatic carbocycles. The van der Waals surface area contributed by atoms with E-state index in [4.69, 9.17) is 13.9 Å². The summed E-state index contributed by atoms with van der Waals surface area (Å²) in [5.41, 5.74) is 3.08. The molecule has 0 spiro atoms. The number of carbonyl (C=O) groups excluding carboxylic acids is 1. The Bertz CT molecular complexity index is 1360. The lowest BCUT2D eigenvalue weighted by Crippen LogP contribution is -2.21. The first-order valence-electron chi connectivity index (χ1n) is 11.3. The molecule has 6 nitrogen and oxygen atoms in total. The average Bonchev–Trinajstić information content (AvgIpc) is 2.85. The van der Waals surface area contributed by atoms with E-state index < -0.39 is 0 Å². The third-order valence-corrected chi connectivity index (χ3v) is 5.50. The van der Waals surface area contributed by atoms with Crippen molar-refractivity contribution in [3.05, 3.63) is 94.3 Å². The Morgan fingerprint density at radius 2 is 1.74 bits per heavy atom. The van der Waals surface area contributed by atoms with Crippen LogP contribution in [0.2, 0.25) is 0 Å². The first-order chi connectivity index (χ1) is 16.4. The fourth-order valence-electron chi connectivity index (χ4n) is 3.62. The largest absolute Gasteiger partial charge is 0.484 e. The number of amides is 1. The number of hydrogen-bond donors (Lipinski definition) is 1. The van der Waals surface area contributed by atoms with Crippen molar-refractivity contribution < 1.29 is 18.7 Å². The van der Waals surface area contributed by atoms with Crippen molar-refractivity contribution in [2.75, 3.05) is 11.9 Å². The molecule has 0 atom stereocenters. The number of aryl methyl sites for hydroxylation is 1. The molecule has 4 rings (SSSR count). The Kier molecular flexibility index (Phi) is 6.97. The summed E-state index contributed by atoms with van der Waals surface area (Å²) in [5.74, 6) is 1.10. The first kappa shape index (κ1) is 23.1. The minimum Gasteiger partial charge on any atom is -0.484 e. The number of ether oxygens (including phenoxy) is 2. The second kappa shape index (κ2) is 10.3. The van der Waals surface area contributed by atoms with Crippen LogP contribution in [-0.4, -0.2) is 12.5 Å². The molecule has 1 heterocycles. The van der Waals surface area contributed by atoms with E-state index >= 15 is 0 Å². The molecule has 0 aliphatic heterocycles. The Morgan fingerprint density at radius 3 is 2.47 bits per heavy atom. The van der Waals surface area contributed by atoms with Crippen LogP contribution < -0.4 is 20.2 Å². The van der Waals surface area contributed by atoms with Gasteiger partial charge in [0.05, 0.1) is 5.39 Å². The first-order valence-corrected chi connectivity index (χ1v) is 11.3. The van der Waals surface area contributed by atoms with E-state index in [1.807, 2.05) is 48.5 Å². The van der Waals surface area contributed by atoms with Gasteiger partial charge < -0.3 is 19.2 Å². The standard InChI is InChI=1S/C28H27NO5/c1-4-19-9-11-20(12-10-19)34-26-16-33-25-15-21(13-14-23(25)28(26)31)32-17-27(30)29-24-8-6-5-7-22(24)18(2)3/h5-16,18H,4,17H2,1-3H3,(H,29,30). The van der Waals surface area contributed by atoms with E-state index in [0.717, 1.165) is 17.7 Å². The SMILES string of the molecule is CCc1ccc(Oc2coc3cc(OCC(=O)Nc4ccccc4C(C)C)ccc3c2=O)cc1. The number of hydrogen-bond acceptors (Lipinski definition) is 5. The molecule has 4 aromatic rings. The molecular formula is C28H27NO5. The zero-order valence-corrected chi connectivity index (χ0v) is 19.5. The predicted octanol–water partition coefficient (Wildman–Crippen LogP) is 6.29. The molecule has 0 saturated heterocycles. The molecule has 0 radical (unpaired) electrons. The average molecular weight is 458 g/mol. The molecule has 1 N–H and O–H groups in total. The Labute approximate surface area is 198 Å². The van der Waals surface area contributed by atoms with Crippen molar-refractivity contribution in [2.45, 2.75) is 33.1 Å². The maximum Gasteiger partial charge on any atom is 0.262 e. The Morgan fingerprint density at radius 1 is 1.00 bits per heavy atom. The lowest BCUT2D eigenvalue weighted by molar-refractivity contribution is -0.118. The van der Waals surface area contributed by atoms with Gasteiger partial charge in [0.25, 0.3) is 5.91 Å². The van der Waals surface area contributed by atoms with Gasteiger partial charge in [-0.05, 0) is 53.8 Å². The van der Waals surface area contributed by atoms with Crippen LogP contribution in [0.15, 0.2) is 82.2 Å². The summed E-state index contributed by atoms with van der Waals surface area (Å²) in [7, 11) is 0. The molecule has 0 saturated carbocycles. The van der Waals surface area contributed by atoms with Crippen LogP contribution in [0.4, 0.5) is 5.69 Å². The third-order valence-electron chi connectivity index (χ3n) is 5.50. The van der Waals surface area contributed by atoms with Crippen molar-refractivity contribution >= 4 is 22.6 Å². The molecule has 0 aliphatic carbocycles. The van der Waals surface area contributed by atoms with Gasteiger partial charge in [-0.2, -0.15) is 0 Å². The minimum absolute atomic E-state index is 0.105. The van der Waals surface area contributed by atoms with E-state index in [1.54, 1.807) is 18.2 Å². The number of benzene rings is 3. The number of nitrogens with one attached hydrogen (secondary N) is 1. The van der Waals surface area contributed by atoms with Gasteiger partial charge in [-0.25, -0.2) is 0 Å². The maximum absolute atomic E-state index is 12.8. The van der Waals surface area contributed by atoms with Gasteiger partial charge in [0, 0.05) is 11.8 Å². The summed E-state index contributed by atoms with van der Waals surface area (Å²) in [6.45, 7) is 6.05. The molecule has 174 valence electrons. The Balaban J connectivity index is 1.44. The number of fused-ring (bicyclic) bond motifs is 1. The quantitative estimate of drug-likeness (QED) is 0.336. The molecule has 34 heavy (non-hydrogen) atoms. The van der Waals surface area contributed by atoms with Gasteiger partial charge in [-0.1, -0.05) is 51.1 Å². The number of rotatable bonds is 8. The van der Waals surface area contributed by atoms with E-state index in [1.165, 1.54) is 11.8 Å². The molecule has 0 fully saturated rings. The van der Waals surface area contributed by atoms with Gasteiger partial charge in [0.2, 0.25) is 11.2 Å². The zero-order chi connectivity index (χ0) is 24.1. The molecular weight excluding hydrogens is 430 g/mol. The molecule has 1 amide bonds. The molecule has 6 heteroatoms. The van der Waals surface area contributed by atoms with Crippen molar-refractivity contribution in [1.29, 1.82) is 0 Å². The van der Waals surface area contributed by atoms with Crippen molar-refractivity contribution in [1.82, 2.24) is 0 Å². The summed E-state index contributed by atoms with van der Waals surface area (Å²) >= 11 is 0. The van der Waals surface area contributed by atoms with Gasteiger partial charge in [-0.15, -0.1) is 0 Å². The van der Waals surface area contributed by atoms with Gasteiger partial charge >= 0.3 is 0 Å². The smallest absolute Gasteiger partial charge is 0.262 e. The minimum atomic E-state index is -0.282. The summed E-state index contributed by atoms with van der Waals surface area (Å²) < 4.78 is 17.0. The van der Waals surface area contributed by atoms with Gasteiger partial charge in [0.15, 0.2) is 6.61 Å². The normalized spacial score (nSPS) is 10.9. The highest BCUT2D eigenvalue weighted by atomic mass is 16.5. The fourth-order valence-corrected chi connectivity index (χ4v) is 3.62. The lowest BCUT2D eigenvalue weighted by Gasteiger charge is -2.14. The van der Waals surface area contributed by atoms with Crippen molar-refractivity contribution in [3.63, 3.8) is 0 Å². The highest BCUT2D eigenvalue weighted by Crippen LogP contribution is 2.25. The van der Waals surface area contributed by atoms with Crippen LogP contribution in [0, 0.1) is 0 Å². The highest BCUT2D eigenvalue weighted by Gasteiger charge is 2.12. The van der Waals surface area contributed by atoms with Crippen LogP contribution in [0.3, 0.4) is 0 Å². The van der Waals surface area contributed by atoms with E-state index in [-0.39, 0.29) is 29.6 Å². The van der Waals surface area contributed by atoms with E-state index in [0.29, 0.717) is 22.5 Å². The summed E-state index contributed by atoms with van der Waals surface area (Å²) in [6.07, 6.45) is 2.22. The monoisotopic (exact) mass is 457 g/mol. The maximum atomic E-state index is 12.8. The van der Waals surface area contributed by atoms with Crippen LogP contribution in [-0.2, 0) is 11.2 Å². The second-order valence-electron chi connectivity index (χ2n) is 8.27. The van der Waals surface area contributed by atoms with E-state index in [2.05, 4.69) is 26.1 Å². The van der Waals surface area contributed by atoms with Crippen molar-refractivity contribution in [3.8, 4) is 17.2 Å². The Hall–Kier alpha value is -4.06. The summed E-state index contributed by atoms with van der Waals surface area (Å²) in [6, 6.07) is 20.1. The van der Waals surface area contributed by atoms with Crippen LogP contribution in [0.5, 0.6) is 17.2 Å². The third kappa shape index (κ3) is 5.29. The predicted molar refractivity (Wildman–Crippen MR) is 133 cm³/mol. The number of anilines is 1. The van der Waals surface area contributed by atoms with Gasteiger partial charge in [-0.3, -0.25) is 9.59 Å². The summed E-state index contributed by atoms with van der Waals surface area (Å²) in [5, 5.41) is 3.26. The highest BCUT2D eigenvalue weighted by molar-refractivity contribution is 5.92. The topological polar surface area (TPSA) is 77.8 Å². The zero-order valence-electron chi connectivity index (χ0n) is 19.5. The number of para-hydroxylation sites is 1. The van der Waals surface area contributed by atoms with Gasteiger partial charge in [0.1, 0.15) is 23.3 Å². The van der Waals surface area contributed by atoms with Crippen LogP contribution >= 0.6 is 0 Å². The molecule has 0 unspecified atom stereocenters. The van der Waals surface area contributed by atoms with Crippen molar-refractivity contribution in [2.24, 2.45) is 0 Å².